The molecule has 0 aromatic rings. The zero-order chi connectivity index (χ0) is 8.69. The van der Waals surface area contributed by atoms with E-state index in [9.17, 15) is 0 Å². The van der Waals surface area contributed by atoms with E-state index in [1.165, 1.54) is 6.42 Å². The highest BCUT2D eigenvalue weighted by Gasteiger charge is 2.03. The summed E-state index contributed by atoms with van der Waals surface area (Å²) in [5.41, 5.74) is 11.6. The lowest BCUT2D eigenvalue weighted by Gasteiger charge is -2.13. The normalized spacial score (nSPS) is 16.4. The van der Waals surface area contributed by atoms with Crippen molar-refractivity contribution in [1.82, 2.24) is 0 Å². The van der Waals surface area contributed by atoms with Gasteiger partial charge in [-0.15, -0.1) is 0 Å². The Morgan fingerprint density at radius 3 is 1.91 bits per heavy atom. The molecule has 2 atom stereocenters. The number of hydrogen-bond acceptors (Lipinski definition) is 2. The SMILES string of the molecule is CCCC(N)CCC(N)CC. The molecule has 4 N–H and O–H groups in total. The number of hydrogen-bond donors (Lipinski definition) is 2. The summed E-state index contributed by atoms with van der Waals surface area (Å²) in [6.07, 6.45) is 5.55. The zero-order valence-electron chi connectivity index (χ0n) is 7.84. The lowest BCUT2D eigenvalue weighted by Crippen LogP contribution is -2.25. The van der Waals surface area contributed by atoms with Gasteiger partial charge in [0, 0.05) is 12.1 Å². The second-order valence-electron chi connectivity index (χ2n) is 3.29. The predicted octanol–water partition coefficient (Wildman–Crippen LogP) is 1.63. The van der Waals surface area contributed by atoms with Crippen LogP contribution in [0.4, 0.5) is 0 Å². The van der Waals surface area contributed by atoms with Crippen LogP contribution in [0.1, 0.15) is 46.0 Å². The summed E-state index contributed by atoms with van der Waals surface area (Å²) in [6.45, 7) is 4.29. The average Bonchev–Trinajstić information content (AvgIpc) is 2.01. The molecule has 0 fully saturated rings. The van der Waals surface area contributed by atoms with Crippen molar-refractivity contribution >= 4 is 0 Å². The molecule has 0 spiro atoms. The van der Waals surface area contributed by atoms with Crippen LogP contribution in [-0.2, 0) is 0 Å². The third kappa shape index (κ3) is 6.32. The van der Waals surface area contributed by atoms with Crippen LogP contribution >= 0.6 is 0 Å². The molecule has 0 rings (SSSR count). The molecule has 0 amide bonds. The van der Waals surface area contributed by atoms with E-state index in [1.807, 2.05) is 0 Å². The van der Waals surface area contributed by atoms with E-state index in [0.717, 1.165) is 25.7 Å². The third-order valence-electron chi connectivity index (χ3n) is 2.09. The van der Waals surface area contributed by atoms with Crippen molar-refractivity contribution in [2.24, 2.45) is 11.5 Å². The first-order valence-electron chi connectivity index (χ1n) is 4.71. The molecular weight excluding hydrogens is 136 g/mol. The Labute approximate surface area is 70.3 Å². The molecular formula is C9H22N2. The summed E-state index contributed by atoms with van der Waals surface area (Å²) >= 11 is 0. The molecule has 0 bridgehead atoms. The molecule has 0 aliphatic carbocycles. The summed E-state index contributed by atoms with van der Waals surface area (Å²) in [4.78, 5) is 0. The first-order chi connectivity index (χ1) is 5.20. The molecule has 0 saturated carbocycles. The molecule has 2 nitrogen and oxygen atoms in total. The predicted molar refractivity (Wildman–Crippen MR) is 50.4 cm³/mol. The van der Waals surface area contributed by atoms with E-state index < -0.39 is 0 Å². The van der Waals surface area contributed by atoms with Crippen molar-refractivity contribution in [1.29, 1.82) is 0 Å². The molecule has 0 heterocycles. The van der Waals surface area contributed by atoms with Crippen molar-refractivity contribution in [3.63, 3.8) is 0 Å². The molecule has 11 heavy (non-hydrogen) atoms. The van der Waals surface area contributed by atoms with Gasteiger partial charge in [-0.1, -0.05) is 20.3 Å². The van der Waals surface area contributed by atoms with Crippen molar-refractivity contribution in [3.8, 4) is 0 Å². The fourth-order valence-corrected chi connectivity index (χ4v) is 1.15. The van der Waals surface area contributed by atoms with Gasteiger partial charge in [0.15, 0.2) is 0 Å². The Morgan fingerprint density at radius 1 is 0.909 bits per heavy atom. The van der Waals surface area contributed by atoms with E-state index in [0.29, 0.717) is 12.1 Å². The summed E-state index contributed by atoms with van der Waals surface area (Å²) in [6, 6.07) is 0.732. The molecule has 2 unspecified atom stereocenters. The molecule has 0 aromatic heterocycles. The topological polar surface area (TPSA) is 52.0 Å². The molecule has 2 heteroatoms. The van der Waals surface area contributed by atoms with Gasteiger partial charge >= 0.3 is 0 Å². The maximum Gasteiger partial charge on any atom is 0.00393 e. The molecule has 0 radical (unpaired) electrons. The van der Waals surface area contributed by atoms with Crippen LogP contribution in [0.5, 0.6) is 0 Å². The van der Waals surface area contributed by atoms with Gasteiger partial charge in [-0.2, -0.15) is 0 Å². The third-order valence-corrected chi connectivity index (χ3v) is 2.09. The van der Waals surface area contributed by atoms with E-state index in [4.69, 9.17) is 11.5 Å². The first kappa shape index (κ1) is 10.9. The number of nitrogens with two attached hydrogens (primary N) is 2. The van der Waals surface area contributed by atoms with Crippen molar-refractivity contribution in [2.75, 3.05) is 0 Å². The Bertz CT molecular complexity index is 83.6. The minimum Gasteiger partial charge on any atom is -0.328 e. The van der Waals surface area contributed by atoms with Gasteiger partial charge in [-0.3, -0.25) is 0 Å². The molecule has 0 saturated heterocycles. The zero-order valence-corrected chi connectivity index (χ0v) is 7.84. The number of rotatable bonds is 6. The van der Waals surface area contributed by atoms with Gasteiger partial charge in [0.05, 0.1) is 0 Å². The van der Waals surface area contributed by atoms with Gasteiger partial charge in [-0.25, -0.2) is 0 Å². The van der Waals surface area contributed by atoms with Gasteiger partial charge in [0.25, 0.3) is 0 Å². The summed E-state index contributed by atoms with van der Waals surface area (Å²) in [7, 11) is 0. The minimum absolute atomic E-state index is 0.359. The Hall–Kier alpha value is -0.0800. The van der Waals surface area contributed by atoms with Crippen LogP contribution in [0.2, 0.25) is 0 Å². The fourth-order valence-electron chi connectivity index (χ4n) is 1.15. The molecule has 0 aliphatic heterocycles. The highest BCUT2D eigenvalue weighted by Crippen LogP contribution is 2.05. The van der Waals surface area contributed by atoms with Gasteiger partial charge < -0.3 is 11.5 Å². The smallest absolute Gasteiger partial charge is 0.00393 e. The van der Waals surface area contributed by atoms with E-state index in [1.54, 1.807) is 0 Å². The standard InChI is InChI=1S/C9H22N2/c1-3-5-9(11)7-6-8(10)4-2/h8-9H,3-7,10-11H2,1-2H3. The van der Waals surface area contributed by atoms with Crippen molar-refractivity contribution in [2.45, 2.75) is 58.0 Å². The van der Waals surface area contributed by atoms with Crippen LogP contribution in [0.3, 0.4) is 0 Å². The fraction of sp³-hybridized carbons (Fsp3) is 1.00. The highest BCUT2D eigenvalue weighted by atomic mass is 14.6. The largest absolute Gasteiger partial charge is 0.328 e. The van der Waals surface area contributed by atoms with E-state index in [2.05, 4.69) is 13.8 Å². The second kappa shape index (κ2) is 6.62. The maximum atomic E-state index is 5.83. The Balaban J connectivity index is 3.22. The van der Waals surface area contributed by atoms with Crippen LogP contribution in [0, 0.1) is 0 Å². The Kier molecular flexibility index (Phi) is 6.57. The summed E-state index contributed by atoms with van der Waals surface area (Å²) in [5, 5.41) is 0. The van der Waals surface area contributed by atoms with Gasteiger partial charge in [0.2, 0.25) is 0 Å². The van der Waals surface area contributed by atoms with Gasteiger partial charge in [-0.05, 0) is 25.7 Å². The van der Waals surface area contributed by atoms with Crippen molar-refractivity contribution < 1.29 is 0 Å². The van der Waals surface area contributed by atoms with E-state index >= 15 is 0 Å². The van der Waals surface area contributed by atoms with Crippen LogP contribution < -0.4 is 11.5 Å². The lowest BCUT2D eigenvalue weighted by atomic mass is 10.0. The monoisotopic (exact) mass is 158 g/mol. The molecule has 68 valence electrons. The first-order valence-corrected chi connectivity index (χ1v) is 4.71. The van der Waals surface area contributed by atoms with Crippen molar-refractivity contribution in [3.05, 3.63) is 0 Å². The highest BCUT2D eigenvalue weighted by molar-refractivity contribution is 4.65. The lowest BCUT2D eigenvalue weighted by molar-refractivity contribution is 0.487. The maximum absolute atomic E-state index is 5.83. The second-order valence-corrected chi connectivity index (χ2v) is 3.29. The molecule has 0 aromatic carbocycles. The van der Waals surface area contributed by atoms with Crippen LogP contribution in [0.25, 0.3) is 0 Å². The summed E-state index contributed by atoms with van der Waals surface area (Å²) in [5.74, 6) is 0. The van der Waals surface area contributed by atoms with Gasteiger partial charge in [0.1, 0.15) is 0 Å². The van der Waals surface area contributed by atoms with Crippen LogP contribution in [0.15, 0.2) is 0 Å². The molecule has 0 aliphatic rings. The quantitative estimate of drug-likeness (QED) is 0.617. The summed E-state index contributed by atoms with van der Waals surface area (Å²) < 4.78 is 0. The average molecular weight is 158 g/mol. The Morgan fingerprint density at radius 2 is 1.45 bits per heavy atom. The van der Waals surface area contributed by atoms with Crippen LogP contribution in [-0.4, -0.2) is 12.1 Å². The minimum atomic E-state index is 0.359. The van der Waals surface area contributed by atoms with E-state index in [-0.39, 0.29) is 0 Å².